The predicted molar refractivity (Wildman–Crippen MR) is 59.6 cm³/mol. The van der Waals surface area contributed by atoms with Gasteiger partial charge >= 0.3 is 0 Å². The van der Waals surface area contributed by atoms with Gasteiger partial charge in [0, 0.05) is 12.5 Å². The summed E-state index contributed by atoms with van der Waals surface area (Å²) in [6.45, 7) is 4.22. The lowest BCUT2D eigenvalue weighted by Crippen LogP contribution is -2.28. The van der Waals surface area contributed by atoms with Crippen molar-refractivity contribution in [2.45, 2.75) is 19.4 Å². The van der Waals surface area contributed by atoms with Gasteiger partial charge in [0.15, 0.2) is 0 Å². The van der Waals surface area contributed by atoms with Gasteiger partial charge < -0.3 is 10.4 Å². The van der Waals surface area contributed by atoms with Gasteiger partial charge in [0.2, 0.25) is 0 Å². The van der Waals surface area contributed by atoms with Gasteiger partial charge in [-0.25, -0.2) is 0 Å². The van der Waals surface area contributed by atoms with Crippen molar-refractivity contribution in [3.63, 3.8) is 0 Å². The molecular weight excluding hydrogens is 194 g/mol. The lowest BCUT2D eigenvalue weighted by molar-refractivity contribution is 0.0983. The molecule has 0 aliphatic carbocycles. The van der Waals surface area contributed by atoms with Gasteiger partial charge in [-0.05, 0) is 41.3 Å². The van der Waals surface area contributed by atoms with Crippen LogP contribution in [0.3, 0.4) is 0 Å². The third kappa shape index (κ3) is 2.16. The van der Waals surface area contributed by atoms with Crippen molar-refractivity contribution in [2.75, 3.05) is 13.1 Å². The average Bonchev–Trinajstić information content (AvgIpc) is 2.75. The zero-order chi connectivity index (χ0) is 9.97. The van der Waals surface area contributed by atoms with Crippen LogP contribution in [-0.2, 0) is 6.42 Å². The Morgan fingerprint density at radius 2 is 2.50 bits per heavy atom. The molecule has 2 N–H and O–H groups in total. The fourth-order valence-electron chi connectivity index (χ4n) is 2.15. The fraction of sp³-hybridized carbons (Fsp3) is 0.636. The van der Waals surface area contributed by atoms with Crippen LogP contribution in [0.4, 0.5) is 0 Å². The third-order valence-corrected chi connectivity index (χ3v) is 3.83. The molecule has 1 aliphatic rings. The quantitative estimate of drug-likeness (QED) is 0.794. The van der Waals surface area contributed by atoms with E-state index in [-0.39, 0.29) is 6.10 Å². The maximum Gasteiger partial charge on any atom is 0.0624 e. The molecule has 1 fully saturated rings. The first-order chi connectivity index (χ1) is 6.77. The third-order valence-electron chi connectivity index (χ3n) is 3.10. The highest BCUT2D eigenvalue weighted by Crippen LogP contribution is 2.22. The molecule has 1 aliphatic heterocycles. The Morgan fingerprint density at radius 3 is 3.07 bits per heavy atom. The zero-order valence-electron chi connectivity index (χ0n) is 8.44. The topological polar surface area (TPSA) is 32.3 Å². The lowest BCUT2D eigenvalue weighted by Gasteiger charge is -2.20. The summed E-state index contributed by atoms with van der Waals surface area (Å²) in [6, 6.07) is 2.10. The molecule has 0 amide bonds. The molecule has 1 aromatic rings. The number of nitrogens with one attached hydrogen (secondary N) is 1. The van der Waals surface area contributed by atoms with E-state index in [1.165, 1.54) is 5.56 Å². The first kappa shape index (κ1) is 10.1. The summed E-state index contributed by atoms with van der Waals surface area (Å²) in [5, 5.41) is 17.6. The summed E-state index contributed by atoms with van der Waals surface area (Å²) < 4.78 is 0. The Morgan fingerprint density at radius 1 is 1.64 bits per heavy atom. The number of hydrogen-bond donors (Lipinski definition) is 2. The summed E-state index contributed by atoms with van der Waals surface area (Å²) in [6.07, 6.45) is 0.620. The summed E-state index contributed by atoms with van der Waals surface area (Å²) >= 11 is 1.70. The van der Waals surface area contributed by atoms with E-state index in [1.54, 1.807) is 11.3 Å². The van der Waals surface area contributed by atoms with Gasteiger partial charge in [0.25, 0.3) is 0 Å². The molecular formula is C11H17NOS. The second kappa shape index (κ2) is 4.43. The molecule has 1 saturated heterocycles. The molecule has 0 bridgehead atoms. The molecule has 2 rings (SSSR count). The standard InChI is InChI=1S/C11H17NOS/c1-8-5-12-6-10(8)11(13)4-9-2-3-14-7-9/h2-3,7-8,10-13H,4-6H2,1H3. The van der Waals surface area contributed by atoms with Crippen LogP contribution in [0.5, 0.6) is 0 Å². The highest BCUT2D eigenvalue weighted by molar-refractivity contribution is 7.07. The minimum absolute atomic E-state index is 0.186. The molecule has 2 nitrogen and oxygen atoms in total. The van der Waals surface area contributed by atoms with Crippen LogP contribution in [0.2, 0.25) is 0 Å². The summed E-state index contributed by atoms with van der Waals surface area (Å²) in [4.78, 5) is 0. The van der Waals surface area contributed by atoms with E-state index < -0.39 is 0 Å². The minimum atomic E-state index is -0.186. The summed E-state index contributed by atoms with van der Waals surface area (Å²) in [5.74, 6) is 1.03. The van der Waals surface area contributed by atoms with E-state index in [1.807, 2.05) is 0 Å². The molecule has 2 heterocycles. The van der Waals surface area contributed by atoms with Crippen molar-refractivity contribution in [1.82, 2.24) is 5.32 Å². The van der Waals surface area contributed by atoms with Crippen LogP contribution in [0.25, 0.3) is 0 Å². The number of hydrogen-bond acceptors (Lipinski definition) is 3. The van der Waals surface area contributed by atoms with Gasteiger partial charge in [-0.3, -0.25) is 0 Å². The Balaban J connectivity index is 1.92. The molecule has 3 heteroatoms. The molecule has 0 aromatic carbocycles. The first-order valence-electron chi connectivity index (χ1n) is 5.17. The fourth-order valence-corrected chi connectivity index (χ4v) is 2.83. The maximum atomic E-state index is 10.1. The second-order valence-electron chi connectivity index (χ2n) is 4.20. The smallest absolute Gasteiger partial charge is 0.0624 e. The number of aliphatic hydroxyl groups is 1. The number of aliphatic hydroxyl groups excluding tert-OH is 1. The van der Waals surface area contributed by atoms with Crippen LogP contribution >= 0.6 is 11.3 Å². The summed E-state index contributed by atoms with van der Waals surface area (Å²) in [7, 11) is 0. The molecule has 78 valence electrons. The Labute approximate surface area is 89.0 Å². The van der Waals surface area contributed by atoms with E-state index in [4.69, 9.17) is 0 Å². The van der Waals surface area contributed by atoms with Gasteiger partial charge in [0.1, 0.15) is 0 Å². The molecule has 0 saturated carbocycles. The van der Waals surface area contributed by atoms with Crippen LogP contribution in [-0.4, -0.2) is 24.3 Å². The SMILES string of the molecule is CC1CNCC1C(O)Cc1ccsc1. The molecule has 1 aromatic heterocycles. The Bertz CT molecular complexity index is 273. The average molecular weight is 211 g/mol. The number of thiophene rings is 1. The van der Waals surface area contributed by atoms with Crippen molar-refractivity contribution in [3.05, 3.63) is 22.4 Å². The van der Waals surface area contributed by atoms with Crippen LogP contribution in [0.1, 0.15) is 12.5 Å². The van der Waals surface area contributed by atoms with Crippen molar-refractivity contribution in [1.29, 1.82) is 0 Å². The van der Waals surface area contributed by atoms with Gasteiger partial charge in [-0.15, -0.1) is 0 Å². The number of rotatable bonds is 3. The largest absolute Gasteiger partial charge is 0.392 e. The van der Waals surface area contributed by atoms with Crippen LogP contribution < -0.4 is 5.32 Å². The van der Waals surface area contributed by atoms with E-state index >= 15 is 0 Å². The van der Waals surface area contributed by atoms with E-state index in [2.05, 4.69) is 29.1 Å². The zero-order valence-corrected chi connectivity index (χ0v) is 9.26. The Hall–Kier alpha value is -0.380. The molecule has 3 unspecified atom stereocenters. The second-order valence-corrected chi connectivity index (χ2v) is 4.98. The highest BCUT2D eigenvalue weighted by atomic mass is 32.1. The van der Waals surface area contributed by atoms with Gasteiger partial charge in [-0.1, -0.05) is 6.92 Å². The van der Waals surface area contributed by atoms with Crippen molar-refractivity contribution in [3.8, 4) is 0 Å². The van der Waals surface area contributed by atoms with Crippen molar-refractivity contribution in [2.24, 2.45) is 11.8 Å². The van der Waals surface area contributed by atoms with Gasteiger partial charge in [0.05, 0.1) is 6.10 Å². The molecule has 0 radical (unpaired) electrons. The molecule has 3 atom stereocenters. The van der Waals surface area contributed by atoms with Gasteiger partial charge in [-0.2, -0.15) is 11.3 Å². The van der Waals surface area contributed by atoms with Crippen molar-refractivity contribution >= 4 is 11.3 Å². The van der Waals surface area contributed by atoms with Crippen LogP contribution in [0, 0.1) is 11.8 Å². The summed E-state index contributed by atoms with van der Waals surface area (Å²) in [5.41, 5.74) is 1.27. The van der Waals surface area contributed by atoms with E-state index in [0.717, 1.165) is 19.5 Å². The normalized spacial score (nSPS) is 29.3. The molecule has 0 spiro atoms. The monoisotopic (exact) mass is 211 g/mol. The lowest BCUT2D eigenvalue weighted by atomic mass is 9.89. The Kier molecular flexibility index (Phi) is 3.21. The van der Waals surface area contributed by atoms with Crippen molar-refractivity contribution < 1.29 is 5.11 Å². The highest BCUT2D eigenvalue weighted by Gasteiger charge is 2.29. The van der Waals surface area contributed by atoms with Crippen LogP contribution in [0.15, 0.2) is 16.8 Å². The van der Waals surface area contributed by atoms with E-state index in [9.17, 15) is 5.11 Å². The van der Waals surface area contributed by atoms with E-state index in [0.29, 0.717) is 11.8 Å². The first-order valence-corrected chi connectivity index (χ1v) is 6.11. The minimum Gasteiger partial charge on any atom is -0.392 e. The predicted octanol–water partition coefficient (Wildman–Crippen LogP) is 1.51. The molecule has 14 heavy (non-hydrogen) atoms. The maximum absolute atomic E-state index is 10.1.